The Morgan fingerprint density at radius 2 is 2.37 bits per heavy atom. The largest absolute Gasteiger partial charge is 0.440 e. The van der Waals surface area contributed by atoms with Crippen LogP contribution in [0.25, 0.3) is 0 Å². The van der Waals surface area contributed by atoms with Gasteiger partial charge in [-0.3, -0.25) is 4.79 Å². The summed E-state index contributed by atoms with van der Waals surface area (Å²) in [6.07, 6.45) is 2.04. The van der Waals surface area contributed by atoms with Gasteiger partial charge in [0, 0.05) is 20.0 Å². The molecule has 2 aromatic heterocycles. The van der Waals surface area contributed by atoms with Crippen molar-refractivity contribution in [3.05, 3.63) is 34.8 Å². The number of furan rings is 1. The minimum Gasteiger partial charge on any atom is -0.440 e. The summed E-state index contributed by atoms with van der Waals surface area (Å²) < 4.78 is 7.18. The Labute approximate surface area is 115 Å². The van der Waals surface area contributed by atoms with Gasteiger partial charge in [0.25, 0.3) is 5.91 Å². The number of carbonyl (C=O) groups is 1. The summed E-state index contributed by atoms with van der Waals surface area (Å²) in [5, 5.41) is 8.45. The van der Waals surface area contributed by atoms with E-state index in [1.807, 2.05) is 0 Å². The van der Waals surface area contributed by atoms with Crippen molar-refractivity contribution in [2.45, 2.75) is 25.9 Å². The molecule has 0 radical (unpaired) electrons. The Balaban J connectivity index is 1.74. The molecular formula is C12H13ClN4O2. The third-order valence-corrected chi connectivity index (χ3v) is 3.40. The molecule has 7 heteroatoms. The number of hydrogen-bond acceptors (Lipinski definition) is 4. The Morgan fingerprint density at radius 3 is 3.11 bits per heavy atom. The molecule has 0 unspecified atom stereocenters. The van der Waals surface area contributed by atoms with E-state index in [9.17, 15) is 4.79 Å². The first-order chi connectivity index (χ1) is 9.15. The molecule has 0 bridgehead atoms. The molecule has 100 valence electrons. The maximum atomic E-state index is 12.1. The molecule has 0 aromatic carbocycles. The maximum absolute atomic E-state index is 12.1. The average molecular weight is 281 g/mol. The summed E-state index contributed by atoms with van der Waals surface area (Å²) in [6, 6.07) is 3.12. The zero-order chi connectivity index (χ0) is 13.4. The highest BCUT2D eigenvalue weighted by Gasteiger charge is 2.21. The highest BCUT2D eigenvalue weighted by Crippen LogP contribution is 2.17. The van der Waals surface area contributed by atoms with E-state index < -0.39 is 0 Å². The Hall–Kier alpha value is -1.82. The summed E-state index contributed by atoms with van der Waals surface area (Å²) in [6.45, 7) is 1.33. The van der Waals surface area contributed by atoms with Gasteiger partial charge < -0.3 is 13.9 Å². The summed E-state index contributed by atoms with van der Waals surface area (Å²) in [5.41, 5.74) is 0. The van der Waals surface area contributed by atoms with Crippen molar-refractivity contribution in [1.29, 1.82) is 0 Å². The summed E-state index contributed by atoms with van der Waals surface area (Å²) >= 11 is 5.66. The van der Waals surface area contributed by atoms with E-state index in [4.69, 9.17) is 16.0 Å². The molecule has 0 aliphatic carbocycles. The average Bonchev–Trinajstić information content (AvgIpc) is 3.06. The van der Waals surface area contributed by atoms with Crippen LogP contribution in [0, 0.1) is 0 Å². The van der Waals surface area contributed by atoms with Crippen molar-refractivity contribution in [3.63, 3.8) is 0 Å². The number of amides is 1. The van der Waals surface area contributed by atoms with Gasteiger partial charge in [-0.15, -0.1) is 10.2 Å². The Kier molecular flexibility index (Phi) is 3.02. The molecule has 3 rings (SSSR count). The van der Waals surface area contributed by atoms with Gasteiger partial charge in [-0.25, -0.2) is 0 Å². The van der Waals surface area contributed by atoms with Crippen LogP contribution in [0.5, 0.6) is 0 Å². The fraction of sp³-hybridized carbons (Fsp3) is 0.417. The van der Waals surface area contributed by atoms with Gasteiger partial charge in [-0.1, -0.05) is 0 Å². The first-order valence-electron chi connectivity index (χ1n) is 6.07. The first kappa shape index (κ1) is 12.2. The third kappa shape index (κ3) is 2.23. The summed E-state index contributed by atoms with van der Waals surface area (Å²) in [4.78, 5) is 13.6. The van der Waals surface area contributed by atoms with Gasteiger partial charge >= 0.3 is 0 Å². The Bertz CT molecular complexity index is 619. The molecule has 0 saturated heterocycles. The van der Waals surface area contributed by atoms with E-state index in [0.29, 0.717) is 6.54 Å². The normalized spacial score (nSPS) is 13.6. The molecule has 0 saturated carbocycles. The van der Waals surface area contributed by atoms with Crippen molar-refractivity contribution in [3.8, 4) is 0 Å². The predicted octanol–water partition coefficient (Wildman–Crippen LogP) is 1.74. The lowest BCUT2D eigenvalue weighted by Gasteiger charge is -2.15. The fourth-order valence-electron chi connectivity index (χ4n) is 2.23. The molecule has 0 spiro atoms. The van der Waals surface area contributed by atoms with Gasteiger partial charge in [0.15, 0.2) is 16.8 Å². The van der Waals surface area contributed by atoms with Gasteiger partial charge in [0.1, 0.15) is 5.82 Å². The van der Waals surface area contributed by atoms with Crippen LogP contribution in [0.3, 0.4) is 0 Å². The maximum Gasteiger partial charge on any atom is 0.289 e. The van der Waals surface area contributed by atoms with E-state index >= 15 is 0 Å². The van der Waals surface area contributed by atoms with Gasteiger partial charge in [-0.2, -0.15) is 0 Å². The smallest absolute Gasteiger partial charge is 0.289 e. The van der Waals surface area contributed by atoms with Crippen LogP contribution in [-0.2, 0) is 19.5 Å². The number of aromatic nitrogens is 3. The van der Waals surface area contributed by atoms with Gasteiger partial charge in [-0.05, 0) is 30.2 Å². The molecule has 1 aliphatic rings. The number of fused-ring (bicyclic) bond motifs is 1. The second-order valence-electron chi connectivity index (χ2n) is 4.55. The molecule has 19 heavy (non-hydrogen) atoms. The Morgan fingerprint density at radius 1 is 1.53 bits per heavy atom. The minimum absolute atomic E-state index is 0.208. The highest BCUT2D eigenvalue weighted by atomic mass is 35.5. The molecule has 0 atom stereocenters. The zero-order valence-electron chi connectivity index (χ0n) is 10.5. The summed E-state index contributed by atoms with van der Waals surface area (Å²) in [5.74, 6) is 1.81. The zero-order valence-corrected chi connectivity index (χ0v) is 11.2. The lowest BCUT2D eigenvalue weighted by Crippen LogP contribution is -2.27. The first-order valence-corrected chi connectivity index (χ1v) is 6.44. The van der Waals surface area contributed by atoms with Crippen molar-refractivity contribution in [2.75, 3.05) is 7.05 Å². The second kappa shape index (κ2) is 4.70. The van der Waals surface area contributed by atoms with Crippen LogP contribution in [0.2, 0.25) is 5.22 Å². The van der Waals surface area contributed by atoms with Crippen LogP contribution in [0.1, 0.15) is 28.6 Å². The van der Waals surface area contributed by atoms with Crippen molar-refractivity contribution in [2.24, 2.45) is 0 Å². The standard InChI is InChI=1S/C12H13ClN4O2/c1-16(12(18)8-4-5-9(13)19-8)7-11-15-14-10-3-2-6-17(10)11/h4-5H,2-3,6-7H2,1H3. The number of aryl methyl sites for hydroxylation is 1. The summed E-state index contributed by atoms with van der Waals surface area (Å²) in [7, 11) is 1.70. The van der Waals surface area contributed by atoms with Crippen molar-refractivity contribution >= 4 is 17.5 Å². The number of halogens is 1. The number of nitrogens with zero attached hydrogens (tertiary/aromatic N) is 4. The van der Waals surface area contributed by atoms with Crippen LogP contribution in [0.4, 0.5) is 0 Å². The SMILES string of the molecule is CN(Cc1nnc2n1CCC2)C(=O)c1ccc(Cl)o1. The quantitative estimate of drug-likeness (QED) is 0.859. The molecule has 3 heterocycles. The second-order valence-corrected chi connectivity index (χ2v) is 4.93. The lowest BCUT2D eigenvalue weighted by molar-refractivity contribution is 0.0748. The molecule has 1 aliphatic heterocycles. The minimum atomic E-state index is -0.220. The van der Waals surface area contributed by atoms with E-state index in [0.717, 1.165) is 31.0 Å². The van der Waals surface area contributed by atoms with E-state index in [1.54, 1.807) is 24.1 Å². The van der Waals surface area contributed by atoms with Gasteiger partial charge in [0.2, 0.25) is 0 Å². The van der Waals surface area contributed by atoms with Crippen molar-refractivity contribution in [1.82, 2.24) is 19.7 Å². The predicted molar refractivity (Wildman–Crippen MR) is 67.9 cm³/mol. The monoisotopic (exact) mass is 280 g/mol. The van der Waals surface area contributed by atoms with Crippen LogP contribution in [0.15, 0.2) is 16.5 Å². The molecule has 0 fully saturated rings. The molecule has 2 aromatic rings. The molecular weight excluding hydrogens is 268 g/mol. The highest BCUT2D eigenvalue weighted by molar-refractivity contribution is 6.29. The van der Waals surface area contributed by atoms with Gasteiger partial charge in [0.05, 0.1) is 6.54 Å². The number of hydrogen-bond donors (Lipinski definition) is 0. The molecule has 0 N–H and O–H groups in total. The topological polar surface area (TPSA) is 64.2 Å². The number of carbonyl (C=O) groups excluding carboxylic acids is 1. The van der Waals surface area contributed by atoms with Crippen LogP contribution >= 0.6 is 11.6 Å². The molecule has 1 amide bonds. The lowest BCUT2D eigenvalue weighted by atomic mass is 10.4. The van der Waals surface area contributed by atoms with Crippen LogP contribution < -0.4 is 0 Å². The molecule has 6 nitrogen and oxygen atoms in total. The van der Waals surface area contributed by atoms with E-state index in [2.05, 4.69) is 14.8 Å². The van der Waals surface area contributed by atoms with Crippen LogP contribution in [-0.4, -0.2) is 32.6 Å². The van der Waals surface area contributed by atoms with E-state index in [-0.39, 0.29) is 16.9 Å². The fourth-order valence-corrected chi connectivity index (χ4v) is 2.38. The van der Waals surface area contributed by atoms with E-state index in [1.165, 1.54) is 0 Å². The third-order valence-electron chi connectivity index (χ3n) is 3.20. The van der Waals surface area contributed by atoms with Crippen molar-refractivity contribution < 1.29 is 9.21 Å². The number of rotatable bonds is 3.